The van der Waals surface area contributed by atoms with Crippen molar-refractivity contribution in [2.45, 2.75) is 12.8 Å². The number of nitrogens with one attached hydrogen (secondary N) is 1. The van der Waals surface area contributed by atoms with Crippen molar-refractivity contribution in [1.29, 1.82) is 0 Å². The van der Waals surface area contributed by atoms with Crippen LogP contribution >= 0.6 is 0 Å². The molecule has 1 N–H and O–H groups in total. The van der Waals surface area contributed by atoms with Gasteiger partial charge in [0.05, 0.1) is 18.9 Å². The van der Waals surface area contributed by atoms with Crippen LogP contribution in [0.3, 0.4) is 0 Å². The Morgan fingerprint density at radius 3 is 2.61 bits per heavy atom. The molecule has 0 aromatic carbocycles. The van der Waals surface area contributed by atoms with Crippen LogP contribution in [0.5, 0.6) is 5.75 Å². The number of halogens is 3. The van der Waals surface area contributed by atoms with Crippen molar-refractivity contribution in [2.24, 2.45) is 0 Å². The fourth-order valence-electron chi connectivity index (χ4n) is 1.89. The summed E-state index contributed by atoms with van der Waals surface area (Å²) in [6.07, 6.45) is -0.342. The number of pyridine rings is 1. The molecule has 0 saturated heterocycles. The Hall–Kier alpha value is -3.77. The Morgan fingerprint density at radius 1 is 1.21 bits per heavy atom. The minimum Gasteiger partial charge on any atom is -0.495 e. The molecule has 0 aliphatic heterocycles. The van der Waals surface area contributed by atoms with Crippen molar-refractivity contribution < 1.29 is 32.0 Å². The summed E-state index contributed by atoms with van der Waals surface area (Å²) in [7, 11) is 1.48. The zero-order valence-corrected chi connectivity index (χ0v) is 14.1. The van der Waals surface area contributed by atoms with Crippen LogP contribution in [-0.2, 0) is 17.5 Å². The first-order valence-corrected chi connectivity index (χ1v) is 7.50. The molecule has 13 heteroatoms. The molecule has 0 spiro atoms. The Balaban J connectivity index is 1.57. The number of hydrogen-bond donors (Lipinski definition) is 1. The second-order valence-electron chi connectivity index (χ2n) is 5.15. The van der Waals surface area contributed by atoms with E-state index in [9.17, 15) is 18.0 Å². The van der Waals surface area contributed by atoms with Crippen molar-refractivity contribution in [3.05, 3.63) is 42.3 Å². The SMILES string of the molecule is COc1cncc(COC(=O)Nc2ncc(-c3noc(C(F)(F)F)n3)cn2)c1. The highest BCUT2D eigenvalue weighted by Crippen LogP contribution is 2.29. The number of carbonyl (C=O) groups excluding carboxylic acids is 1. The number of aromatic nitrogens is 5. The molecule has 28 heavy (non-hydrogen) atoms. The number of carbonyl (C=O) groups is 1. The van der Waals surface area contributed by atoms with Crippen molar-refractivity contribution in [1.82, 2.24) is 25.1 Å². The van der Waals surface area contributed by atoms with Crippen molar-refractivity contribution in [2.75, 3.05) is 12.4 Å². The summed E-state index contributed by atoms with van der Waals surface area (Å²) in [4.78, 5) is 26.5. The lowest BCUT2D eigenvalue weighted by molar-refractivity contribution is -0.159. The second-order valence-corrected chi connectivity index (χ2v) is 5.15. The number of rotatable bonds is 5. The number of alkyl halides is 3. The standard InChI is InChI=1S/C15H11F3N6O4/c1-26-10-2-8(3-19-6-10)7-27-14(25)23-13-20-4-9(5-21-13)11-22-12(28-24-11)15(16,17)18/h2-6H,7H2,1H3,(H,20,21,23,25). The molecule has 0 aliphatic carbocycles. The van der Waals surface area contributed by atoms with E-state index < -0.39 is 18.2 Å². The highest BCUT2D eigenvalue weighted by Gasteiger charge is 2.38. The van der Waals surface area contributed by atoms with Crippen LogP contribution < -0.4 is 10.1 Å². The van der Waals surface area contributed by atoms with E-state index in [1.54, 1.807) is 6.07 Å². The molecule has 0 atom stereocenters. The van der Waals surface area contributed by atoms with Crippen LogP contribution in [0.15, 0.2) is 35.4 Å². The lowest BCUT2D eigenvalue weighted by atomic mass is 10.3. The fourth-order valence-corrected chi connectivity index (χ4v) is 1.89. The van der Waals surface area contributed by atoms with E-state index in [-0.39, 0.29) is 23.9 Å². The van der Waals surface area contributed by atoms with Gasteiger partial charge in [0.2, 0.25) is 11.8 Å². The summed E-state index contributed by atoms with van der Waals surface area (Å²) in [5.74, 6) is -1.44. The van der Waals surface area contributed by atoms with Gasteiger partial charge in [0.15, 0.2) is 0 Å². The molecule has 0 fully saturated rings. The number of nitrogens with zero attached hydrogens (tertiary/aromatic N) is 5. The van der Waals surface area contributed by atoms with Crippen LogP contribution in [0.4, 0.5) is 23.9 Å². The molecular formula is C15H11F3N6O4. The van der Waals surface area contributed by atoms with E-state index in [0.717, 1.165) is 12.4 Å². The fraction of sp³-hybridized carbons (Fsp3) is 0.200. The maximum atomic E-state index is 12.5. The van der Waals surface area contributed by atoms with E-state index >= 15 is 0 Å². The van der Waals surface area contributed by atoms with Crippen LogP contribution in [0.2, 0.25) is 0 Å². The third-order valence-corrected chi connectivity index (χ3v) is 3.17. The minimum atomic E-state index is -4.75. The summed E-state index contributed by atoms with van der Waals surface area (Å²) in [6, 6.07) is 1.64. The number of amides is 1. The smallest absolute Gasteiger partial charge is 0.471 e. The number of hydrogen-bond acceptors (Lipinski definition) is 9. The van der Waals surface area contributed by atoms with Gasteiger partial charge in [-0.25, -0.2) is 14.8 Å². The second kappa shape index (κ2) is 7.85. The highest BCUT2D eigenvalue weighted by atomic mass is 19.4. The van der Waals surface area contributed by atoms with E-state index in [4.69, 9.17) is 9.47 Å². The molecule has 0 radical (unpaired) electrons. The first-order chi connectivity index (χ1) is 13.3. The Labute approximate surface area is 154 Å². The molecule has 0 unspecified atom stereocenters. The monoisotopic (exact) mass is 396 g/mol. The minimum absolute atomic E-state index is 0.0700. The van der Waals surface area contributed by atoms with Crippen molar-refractivity contribution >= 4 is 12.0 Å². The molecule has 3 rings (SSSR count). The number of methoxy groups -OCH3 is 1. The predicted octanol–water partition coefficient (Wildman–Crippen LogP) is 2.70. The zero-order valence-electron chi connectivity index (χ0n) is 14.1. The van der Waals surface area contributed by atoms with E-state index in [0.29, 0.717) is 11.3 Å². The first kappa shape index (κ1) is 19.0. The molecule has 0 saturated carbocycles. The highest BCUT2D eigenvalue weighted by molar-refractivity contribution is 5.82. The Bertz CT molecular complexity index is 961. The van der Waals surface area contributed by atoms with E-state index in [2.05, 4.69) is 34.9 Å². The first-order valence-electron chi connectivity index (χ1n) is 7.50. The topological polar surface area (TPSA) is 125 Å². The van der Waals surface area contributed by atoms with Gasteiger partial charge in [-0.15, -0.1) is 0 Å². The molecule has 146 valence electrons. The molecular weight excluding hydrogens is 385 g/mol. The maximum absolute atomic E-state index is 12.5. The summed E-state index contributed by atoms with van der Waals surface area (Å²) in [5, 5.41) is 5.48. The van der Waals surface area contributed by atoms with Crippen molar-refractivity contribution in [3.8, 4) is 17.1 Å². The summed E-state index contributed by atoms with van der Waals surface area (Å²) in [5.41, 5.74) is 0.670. The van der Waals surface area contributed by atoms with E-state index in [1.165, 1.54) is 19.5 Å². The van der Waals surface area contributed by atoms with Crippen LogP contribution in [0.1, 0.15) is 11.5 Å². The largest absolute Gasteiger partial charge is 0.495 e. The van der Waals surface area contributed by atoms with Gasteiger partial charge in [0.25, 0.3) is 0 Å². The Morgan fingerprint density at radius 2 is 1.96 bits per heavy atom. The lowest BCUT2D eigenvalue weighted by Gasteiger charge is -2.07. The van der Waals surface area contributed by atoms with Gasteiger partial charge < -0.3 is 14.0 Å². The van der Waals surface area contributed by atoms with Gasteiger partial charge in [0.1, 0.15) is 12.4 Å². The molecule has 0 bridgehead atoms. The predicted molar refractivity (Wildman–Crippen MR) is 84.9 cm³/mol. The molecule has 3 aromatic heterocycles. The Kier molecular flexibility index (Phi) is 5.33. The van der Waals surface area contributed by atoms with Gasteiger partial charge in [0, 0.05) is 24.2 Å². The normalized spacial score (nSPS) is 11.1. The molecule has 3 aromatic rings. The van der Waals surface area contributed by atoms with Crippen LogP contribution in [-0.4, -0.2) is 38.3 Å². The van der Waals surface area contributed by atoms with Crippen molar-refractivity contribution in [3.63, 3.8) is 0 Å². The third kappa shape index (κ3) is 4.69. The zero-order chi connectivity index (χ0) is 20.1. The number of ether oxygens (including phenoxy) is 2. The van der Waals surface area contributed by atoms with E-state index in [1.807, 2.05) is 0 Å². The summed E-state index contributed by atoms with van der Waals surface area (Å²) >= 11 is 0. The average molecular weight is 396 g/mol. The van der Waals surface area contributed by atoms with Gasteiger partial charge in [-0.3, -0.25) is 10.3 Å². The third-order valence-electron chi connectivity index (χ3n) is 3.17. The quantitative estimate of drug-likeness (QED) is 0.693. The number of anilines is 1. The van der Waals surface area contributed by atoms with Gasteiger partial charge in [-0.2, -0.15) is 18.2 Å². The lowest BCUT2D eigenvalue weighted by Crippen LogP contribution is -2.15. The molecule has 3 heterocycles. The summed E-state index contributed by atoms with van der Waals surface area (Å²) < 4.78 is 51.5. The van der Waals surface area contributed by atoms with Gasteiger partial charge in [-0.1, -0.05) is 5.16 Å². The molecule has 10 nitrogen and oxygen atoms in total. The average Bonchev–Trinajstić information content (AvgIpc) is 3.18. The molecule has 1 amide bonds. The molecule has 0 aliphatic rings. The summed E-state index contributed by atoms with van der Waals surface area (Å²) in [6.45, 7) is -0.0722. The van der Waals surface area contributed by atoms with Gasteiger partial charge >= 0.3 is 18.2 Å². The maximum Gasteiger partial charge on any atom is 0.471 e. The van der Waals surface area contributed by atoms with Gasteiger partial charge in [-0.05, 0) is 6.07 Å². The van der Waals surface area contributed by atoms with Crippen LogP contribution in [0.25, 0.3) is 11.4 Å². The van der Waals surface area contributed by atoms with Crippen LogP contribution in [0, 0.1) is 0 Å².